The molecule has 0 aliphatic carbocycles. The number of carbonyl (C=O) groups is 1. The van der Waals surface area contributed by atoms with E-state index in [1.165, 1.54) is 6.20 Å². The van der Waals surface area contributed by atoms with Crippen molar-refractivity contribution in [3.63, 3.8) is 0 Å². The Morgan fingerprint density at radius 3 is 2.81 bits per heavy atom. The van der Waals surface area contributed by atoms with Crippen molar-refractivity contribution in [2.45, 2.75) is 39.2 Å². The number of hydrogen-bond acceptors (Lipinski definition) is 4. The van der Waals surface area contributed by atoms with Gasteiger partial charge in [-0.25, -0.2) is 0 Å². The van der Waals surface area contributed by atoms with Crippen LogP contribution in [0.25, 0.3) is 0 Å². The average molecular weight is 226 g/mol. The van der Waals surface area contributed by atoms with Crippen LogP contribution in [0.2, 0.25) is 0 Å². The maximum atomic E-state index is 11.8. The Morgan fingerprint density at radius 2 is 2.38 bits per heavy atom. The first kappa shape index (κ1) is 12.7. The van der Waals surface area contributed by atoms with Gasteiger partial charge >= 0.3 is 0 Å². The van der Waals surface area contributed by atoms with Gasteiger partial charge in [-0.1, -0.05) is 12.1 Å². The highest BCUT2D eigenvalue weighted by molar-refractivity contribution is 5.93. The molecule has 1 amide bonds. The lowest BCUT2D eigenvalue weighted by atomic mass is 9.94. The Balaban J connectivity index is 2.73. The average Bonchev–Trinajstić information content (AvgIpc) is 2.65. The van der Waals surface area contributed by atoms with Crippen LogP contribution in [0.3, 0.4) is 0 Å². The summed E-state index contributed by atoms with van der Waals surface area (Å²) in [5, 5.41) is 15.4. The van der Waals surface area contributed by atoms with Crippen LogP contribution < -0.4 is 5.32 Å². The zero-order valence-corrected chi connectivity index (χ0v) is 9.91. The van der Waals surface area contributed by atoms with Gasteiger partial charge in [0.2, 0.25) is 5.76 Å². The maximum Gasteiger partial charge on any atom is 0.290 e. The Labute approximate surface area is 94.8 Å². The molecular formula is C11H18N2O3. The molecule has 2 N–H and O–H groups in total. The van der Waals surface area contributed by atoms with E-state index >= 15 is 0 Å². The second kappa shape index (κ2) is 5.12. The lowest BCUT2D eigenvalue weighted by Crippen LogP contribution is -2.46. The van der Waals surface area contributed by atoms with Gasteiger partial charge < -0.3 is 14.9 Å². The van der Waals surface area contributed by atoms with Crippen molar-refractivity contribution >= 4 is 5.91 Å². The zero-order chi connectivity index (χ0) is 12.2. The number of hydrogen-bond donors (Lipinski definition) is 2. The van der Waals surface area contributed by atoms with E-state index in [0.29, 0.717) is 12.0 Å². The fourth-order valence-electron chi connectivity index (χ4n) is 1.41. The quantitative estimate of drug-likeness (QED) is 0.792. The van der Waals surface area contributed by atoms with Crippen LogP contribution in [0.1, 0.15) is 42.8 Å². The molecule has 0 radical (unpaired) electrons. The first-order valence-corrected chi connectivity index (χ1v) is 5.37. The number of aliphatic hydroxyl groups excluding tert-OH is 1. The van der Waals surface area contributed by atoms with Gasteiger partial charge in [0, 0.05) is 17.7 Å². The normalized spacial score (nSPS) is 14.5. The third-order valence-electron chi connectivity index (χ3n) is 2.81. The molecule has 1 atom stereocenters. The molecule has 1 aromatic heterocycles. The monoisotopic (exact) mass is 226 g/mol. The number of aryl methyl sites for hydroxylation is 1. The predicted molar refractivity (Wildman–Crippen MR) is 59.1 cm³/mol. The number of nitrogens with zero attached hydrogens (tertiary/aromatic N) is 1. The topological polar surface area (TPSA) is 75.4 Å². The van der Waals surface area contributed by atoms with Crippen LogP contribution in [0.15, 0.2) is 10.7 Å². The molecule has 1 aromatic rings. The van der Waals surface area contributed by atoms with Crippen LogP contribution in [0.4, 0.5) is 0 Å². The second-order valence-corrected chi connectivity index (χ2v) is 4.18. The molecule has 0 saturated carbocycles. The van der Waals surface area contributed by atoms with E-state index in [2.05, 4.69) is 10.5 Å². The first-order valence-electron chi connectivity index (χ1n) is 5.37. The number of aromatic nitrogens is 1. The molecular weight excluding hydrogens is 208 g/mol. The highest BCUT2D eigenvalue weighted by atomic mass is 16.5. The Morgan fingerprint density at radius 1 is 1.69 bits per heavy atom. The van der Waals surface area contributed by atoms with Crippen LogP contribution in [-0.4, -0.2) is 28.3 Å². The number of nitrogens with one attached hydrogen (secondary N) is 1. The van der Waals surface area contributed by atoms with Crippen molar-refractivity contribution in [2.75, 3.05) is 6.61 Å². The molecule has 5 nitrogen and oxygen atoms in total. The smallest absolute Gasteiger partial charge is 0.290 e. The van der Waals surface area contributed by atoms with Gasteiger partial charge in [-0.3, -0.25) is 4.79 Å². The molecule has 0 aliphatic heterocycles. The molecule has 0 saturated heterocycles. The fourth-order valence-corrected chi connectivity index (χ4v) is 1.41. The van der Waals surface area contributed by atoms with Gasteiger partial charge in [-0.05, 0) is 26.7 Å². The summed E-state index contributed by atoms with van der Waals surface area (Å²) in [5.74, 6) is -0.0505. The summed E-state index contributed by atoms with van der Waals surface area (Å²) in [6, 6.07) is 0. The van der Waals surface area contributed by atoms with Crippen molar-refractivity contribution < 1.29 is 14.4 Å². The maximum absolute atomic E-state index is 11.8. The minimum atomic E-state index is -0.412. The summed E-state index contributed by atoms with van der Waals surface area (Å²) in [6.07, 6.45) is 2.76. The Hall–Kier alpha value is -1.36. The Kier molecular flexibility index (Phi) is 4.06. The SMILES string of the molecule is CCC(C)(CCO)NC(=O)c1oncc1C. The van der Waals surface area contributed by atoms with Crippen LogP contribution >= 0.6 is 0 Å². The largest absolute Gasteiger partial charge is 0.396 e. The van der Waals surface area contributed by atoms with Gasteiger partial charge in [-0.2, -0.15) is 0 Å². The van der Waals surface area contributed by atoms with Gasteiger partial charge in [0.05, 0.1) is 6.20 Å². The molecule has 0 aliphatic rings. The van der Waals surface area contributed by atoms with E-state index in [-0.39, 0.29) is 18.3 Å². The lowest BCUT2D eigenvalue weighted by molar-refractivity contribution is 0.0847. The number of amides is 1. The summed E-state index contributed by atoms with van der Waals surface area (Å²) in [4.78, 5) is 11.8. The summed E-state index contributed by atoms with van der Waals surface area (Å²) in [6.45, 7) is 5.66. The molecule has 1 rings (SSSR count). The minimum absolute atomic E-state index is 0.0417. The van der Waals surface area contributed by atoms with E-state index in [4.69, 9.17) is 9.63 Å². The molecule has 16 heavy (non-hydrogen) atoms. The molecule has 90 valence electrons. The van der Waals surface area contributed by atoms with Crippen molar-refractivity contribution in [1.29, 1.82) is 0 Å². The molecule has 0 fully saturated rings. The second-order valence-electron chi connectivity index (χ2n) is 4.18. The number of rotatable bonds is 5. The minimum Gasteiger partial charge on any atom is -0.396 e. The van der Waals surface area contributed by atoms with Gasteiger partial charge in [0.25, 0.3) is 5.91 Å². The van der Waals surface area contributed by atoms with Gasteiger partial charge in [0.1, 0.15) is 0 Å². The van der Waals surface area contributed by atoms with E-state index in [1.54, 1.807) is 6.92 Å². The van der Waals surface area contributed by atoms with Crippen molar-refractivity contribution in [1.82, 2.24) is 10.5 Å². The summed E-state index contributed by atoms with van der Waals surface area (Å²) >= 11 is 0. The Bertz CT molecular complexity index is 362. The third-order valence-corrected chi connectivity index (χ3v) is 2.81. The molecule has 0 spiro atoms. The predicted octanol–water partition coefficient (Wildman–Crippen LogP) is 1.26. The lowest BCUT2D eigenvalue weighted by Gasteiger charge is -2.28. The van der Waals surface area contributed by atoms with E-state index in [0.717, 1.165) is 6.42 Å². The molecule has 0 bridgehead atoms. The van der Waals surface area contributed by atoms with E-state index in [1.807, 2.05) is 13.8 Å². The van der Waals surface area contributed by atoms with Crippen molar-refractivity contribution in [3.05, 3.63) is 17.5 Å². The van der Waals surface area contributed by atoms with E-state index < -0.39 is 5.54 Å². The summed E-state index contributed by atoms with van der Waals surface area (Å²) < 4.78 is 4.87. The van der Waals surface area contributed by atoms with Crippen LogP contribution in [0.5, 0.6) is 0 Å². The van der Waals surface area contributed by atoms with Crippen molar-refractivity contribution in [2.24, 2.45) is 0 Å². The van der Waals surface area contributed by atoms with Crippen molar-refractivity contribution in [3.8, 4) is 0 Å². The molecule has 0 aromatic carbocycles. The molecule has 5 heteroatoms. The number of aliphatic hydroxyl groups is 1. The summed E-state index contributed by atoms with van der Waals surface area (Å²) in [5.41, 5.74) is 0.297. The van der Waals surface area contributed by atoms with Gasteiger partial charge in [0.15, 0.2) is 0 Å². The standard InChI is InChI=1S/C11H18N2O3/c1-4-11(3,5-6-14)13-10(15)9-8(2)7-12-16-9/h7,14H,4-6H2,1-3H3,(H,13,15). The molecule has 1 unspecified atom stereocenters. The summed E-state index contributed by atoms with van der Waals surface area (Å²) in [7, 11) is 0. The highest BCUT2D eigenvalue weighted by Gasteiger charge is 2.26. The zero-order valence-electron chi connectivity index (χ0n) is 9.91. The van der Waals surface area contributed by atoms with Gasteiger partial charge in [-0.15, -0.1) is 0 Å². The van der Waals surface area contributed by atoms with E-state index in [9.17, 15) is 4.79 Å². The number of carbonyl (C=O) groups excluding carboxylic acids is 1. The third kappa shape index (κ3) is 2.82. The first-order chi connectivity index (χ1) is 7.52. The fraction of sp³-hybridized carbons (Fsp3) is 0.636. The highest BCUT2D eigenvalue weighted by Crippen LogP contribution is 2.16. The van der Waals surface area contributed by atoms with Crippen LogP contribution in [0, 0.1) is 6.92 Å². The van der Waals surface area contributed by atoms with Crippen LogP contribution in [-0.2, 0) is 0 Å². The molecule has 1 heterocycles.